The number of hydrogen-bond acceptors (Lipinski definition) is 5. The number of amides is 1. The number of nitro groups is 1. The van der Waals surface area contributed by atoms with Crippen LogP contribution >= 0.6 is 12.4 Å². The van der Waals surface area contributed by atoms with Gasteiger partial charge in [0.2, 0.25) is 0 Å². The Bertz CT molecular complexity index is 467. The van der Waals surface area contributed by atoms with E-state index in [9.17, 15) is 14.9 Å². The molecule has 0 bridgehead atoms. The summed E-state index contributed by atoms with van der Waals surface area (Å²) in [6.07, 6.45) is 0. The highest BCUT2D eigenvalue weighted by Crippen LogP contribution is 2.22. The lowest BCUT2D eigenvalue weighted by atomic mass is 10.1. The molecule has 0 aromatic heterocycles. The molecular weight excluding hydrogens is 272 g/mol. The van der Waals surface area contributed by atoms with Crippen molar-refractivity contribution in [1.29, 1.82) is 0 Å². The van der Waals surface area contributed by atoms with Crippen LogP contribution < -0.4 is 16.4 Å². The number of nitrogens with zero attached hydrogens (tertiary/aromatic N) is 1. The first-order valence-electron chi connectivity index (χ1n) is 5.45. The third-order valence-electron chi connectivity index (χ3n) is 2.55. The van der Waals surface area contributed by atoms with Crippen molar-refractivity contribution in [3.8, 4) is 0 Å². The highest BCUT2D eigenvalue weighted by molar-refractivity contribution is 5.95. The number of rotatable bonds is 5. The minimum Gasteiger partial charge on any atom is -0.393 e. The molecule has 106 valence electrons. The van der Waals surface area contributed by atoms with Gasteiger partial charge in [-0.25, -0.2) is 0 Å². The maximum absolute atomic E-state index is 11.7. The monoisotopic (exact) mass is 288 g/mol. The van der Waals surface area contributed by atoms with Gasteiger partial charge in [0.25, 0.3) is 11.6 Å². The molecule has 1 amide bonds. The number of nitrogens with one attached hydrogen (secondary N) is 2. The Morgan fingerprint density at radius 1 is 1.53 bits per heavy atom. The van der Waals surface area contributed by atoms with Crippen molar-refractivity contribution in [2.75, 3.05) is 19.3 Å². The topological polar surface area (TPSA) is 110 Å². The van der Waals surface area contributed by atoms with Crippen LogP contribution in [0.1, 0.15) is 17.3 Å². The molecular formula is C11H17ClN4O3. The molecule has 0 spiro atoms. The maximum atomic E-state index is 11.7. The van der Waals surface area contributed by atoms with Crippen LogP contribution in [0.25, 0.3) is 0 Å². The summed E-state index contributed by atoms with van der Waals surface area (Å²) in [4.78, 5) is 21.8. The summed E-state index contributed by atoms with van der Waals surface area (Å²) >= 11 is 0. The Kier molecular flexibility index (Phi) is 6.81. The van der Waals surface area contributed by atoms with Crippen molar-refractivity contribution < 1.29 is 9.72 Å². The van der Waals surface area contributed by atoms with Crippen molar-refractivity contribution >= 4 is 29.7 Å². The van der Waals surface area contributed by atoms with Gasteiger partial charge in [-0.1, -0.05) is 0 Å². The predicted molar refractivity (Wildman–Crippen MR) is 75.6 cm³/mol. The summed E-state index contributed by atoms with van der Waals surface area (Å²) in [6.45, 7) is 2.35. The standard InChI is InChI=1S/C11H16N4O3.ClH/c1-7(13-2)6-14-11(16)8-3-4-9(12)10(5-8)15(17)18;/h3-5,7,13H,6,12H2,1-2H3,(H,14,16);1H. The molecule has 0 saturated carbocycles. The minimum atomic E-state index is -0.609. The molecule has 8 heteroatoms. The normalized spacial score (nSPS) is 11.3. The molecule has 1 aromatic rings. The third kappa shape index (κ3) is 4.72. The van der Waals surface area contributed by atoms with Crippen LogP contribution in [-0.4, -0.2) is 30.5 Å². The average molecular weight is 289 g/mol. The number of likely N-dealkylation sites (N-methyl/N-ethyl adjacent to an activating group) is 1. The van der Waals surface area contributed by atoms with E-state index in [-0.39, 0.29) is 41.3 Å². The Balaban J connectivity index is 0.00000324. The second kappa shape index (κ2) is 7.55. The summed E-state index contributed by atoms with van der Waals surface area (Å²) in [5, 5.41) is 16.3. The van der Waals surface area contributed by atoms with Crippen LogP contribution in [0.3, 0.4) is 0 Å². The zero-order chi connectivity index (χ0) is 13.7. The molecule has 0 heterocycles. The lowest BCUT2D eigenvalue weighted by molar-refractivity contribution is -0.383. The predicted octanol–water partition coefficient (Wildman–Crippen LogP) is 0.937. The van der Waals surface area contributed by atoms with Crippen LogP contribution in [0.15, 0.2) is 18.2 Å². The number of nitro benzene ring substituents is 1. The second-order valence-electron chi connectivity index (χ2n) is 3.93. The van der Waals surface area contributed by atoms with E-state index >= 15 is 0 Å². The summed E-state index contributed by atoms with van der Waals surface area (Å²) in [6, 6.07) is 4.11. The second-order valence-corrected chi connectivity index (χ2v) is 3.93. The number of benzene rings is 1. The van der Waals surface area contributed by atoms with Crippen LogP contribution in [0.2, 0.25) is 0 Å². The molecule has 1 atom stereocenters. The molecule has 1 rings (SSSR count). The van der Waals surface area contributed by atoms with Gasteiger partial charge >= 0.3 is 0 Å². The van der Waals surface area contributed by atoms with Crippen LogP contribution in [0, 0.1) is 10.1 Å². The zero-order valence-corrected chi connectivity index (χ0v) is 11.5. The number of anilines is 1. The average Bonchev–Trinajstić information content (AvgIpc) is 2.35. The van der Waals surface area contributed by atoms with Crippen molar-refractivity contribution in [2.24, 2.45) is 0 Å². The van der Waals surface area contributed by atoms with Crippen LogP contribution in [0.4, 0.5) is 11.4 Å². The van der Waals surface area contributed by atoms with E-state index in [0.29, 0.717) is 6.54 Å². The van der Waals surface area contributed by atoms with E-state index in [1.165, 1.54) is 18.2 Å². The van der Waals surface area contributed by atoms with Crippen molar-refractivity contribution in [1.82, 2.24) is 10.6 Å². The molecule has 4 N–H and O–H groups in total. The van der Waals surface area contributed by atoms with E-state index in [1.807, 2.05) is 6.92 Å². The smallest absolute Gasteiger partial charge is 0.292 e. The van der Waals surface area contributed by atoms with Gasteiger partial charge in [-0.05, 0) is 26.1 Å². The Labute approximate surface area is 117 Å². The Morgan fingerprint density at radius 2 is 2.16 bits per heavy atom. The zero-order valence-electron chi connectivity index (χ0n) is 10.7. The lowest BCUT2D eigenvalue weighted by Gasteiger charge is -2.11. The fourth-order valence-electron chi connectivity index (χ4n) is 1.29. The molecule has 7 nitrogen and oxygen atoms in total. The fraction of sp³-hybridized carbons (Fsp3) is 0.364. The van der Waals surface area contributed by atoms with Gasteiger partial charge in [-0.3, -0.25) is 14.9 Å². The largest absolute Gasteiger partial charge is 0.393 e. The summed E-state index contributed by atoms with van der Waals surface area (Å²) in [5.41, 5.74) is 5.45. The van der Waals surface area contributed by atoms with E-state index in [0.717, 1.165) is 0 Å². The molecule has 19 heavy (non-hydrogen) atoms. The Hall–Kier alpha value is -1.86. The number of hydrogen-bond donors (Lipinski definition) is 3. The number of carbonyl (C=O) groups is 1. The Morgan fingerprint density at radius 3 is 2.68 bits per heavy atom. The van der Waals surface area contributed by atoms with Gasteiger partial charge in [-0.2, -0.15) is 0 Å². The first kappa shape index (κ1) is 17.1. The van der Waals surface area contributed by atoms with E-state index < -0.39 is 4.92 Å². The summed E-state index contributed by atoms with van der Waals surface area (Å²) in [7, 11) is 1.78. The quantitative estimate of drug-likeness (QED) is 0.424. The molecule has 0 saturated heterocycles. The lowest BCUT2D eigenvalue weighted by Crippen LogP contribution is -2.37. The third-order valence-corrected chi connectivity index (χ3v) is 2.55. The van der Waals surface area contributed by atoms with E-state index in [2.05, 4.69) is 10.6 Å². The first-order chi connectivity index (χ1) is 8.45. The molecule has 0 aliphatic heterocycles. The first-order valence-corrected chi connectivity index (χ1v) is 5.45. The SMILES string of the molecule is CNC(C)CNC(=O)c1ccc(N)c([N+](=O)[O-])c1.Cl. The van der Waals surface area contributed by atoms with Gasteiger partial charge in [0, 0.05) is 24.2 Å². The van der Waals surface area contributed by atoms with Crippen molar-refractivity contribution in [3.05, 3.63) is 33.9 Å². The van der Waals surface area contributed by atoms with Crippen LogP contribution in [-0.2, 0) is 0 Å². The van der Waals surface area contributed by atoms with Gasteiger partial charge in [0.05, 0.1) is 4.92 Å². The van der Waals surface area contributed by atoms with E-state index in [4.69, 9.17) is 5.73 Å². The highest BCUT2D eigenvalue weighted by atomic mass is 35.5. The van der Waals surface area contributed by atoms with Crippen molar-refractivity contribution in [3.63, 3.8) is 0 Å². The number of nitrogens with two attached hydrogens (primary N) is 1. The molecule has 0 fully saturated rings. The number of nitrogen functional groups attached to an aromatic ring is 1. The van der Waals surface area contributed by atoms with Gasteiger partial charge < -0.3 is 16.4 Å². The van der Waals surface area contributed by atoms with Gasteiger partial charge in [0.1, 0.15) is 5.69 Å². The van der Waals surface area contributed by atoms with Gasteiger partial charge in [-0.15, -0.1) is 12.4 Å². The number of halogens is 1. The minimum absolute atomic E-state index is 0. The molecule has 0 radical (unpaired) electrons. The summed E-state index contributed by atoms with van der Waals surface area (Å²) < 4.78 is 0. The summed E-state index contributed by atoms with van der Waals surface area (Å²) in [5.74, 6) is -0.361. The molecule has 0 aliphatic rings. The molecule has 0 aliphatic carbocycles. The molecule has 1 unspecified atom stereocenters. The highest BCUT2D eigenvalue weighted by Gasteiger charge is 2.15. The van der Waals surface area contributed by atoms with Crippen LogP contribution in [0.5, 0.6) is 0 Å². The van der Waals surface area contributed by atoms with E-state index in [1.54, 1.807) is 7.05 Å². The number of carbonyl (C=O) groups excluding carboxylic acids is 1. The fourth-order valence-corrected chi connectivity index (χ4v) is 1.29. The van der Waals surface area contributed by atoms with Gasteiger partial charge in [0.15, 0.2) is 0 Å². The molecule has 1 aromatic carbocycles. The van der Waals surface area contributed by atoms with Crippen molar-refractivity contribution in [2.45, 2.75) is 13.0 Å². The maximum Gasteiger partial charge on any atom is 0.292 e.